The Kier molecular flexibility index (Phi) is 6.69. The molecule has 0 atom stereocenters. The Labute approximate surface area is 183 Å². The van der Waals surface area contributed by atoms with Crippen LogP contribution in [0.2, 0.25) is 0 Å². The monoisotopic (exact) mass is 430 g/mol. The molecular weight excluding hydrogens is 400 g/mol. The lowest BCUT2D eigenvalue weighted by Crippen LogP contribution is -2.38. The molecule has 2 aromatic rings. The van der Waals surface area contributed by atoms with Gasteiger partial charge in [0.1, 0.15) is 23.2 Å². The highest BCUT2D eigenvalue weighted by atomic mass is 32.1. The van der Waals surface area contributed by atoms with Crippen LogP contribution in [0.4, 0.5) is 17.6 Å². The molecule has 0 aliphatic carbocycles. The summed E-state index contributed by atoms with van der Waals surface area (Å²) in [5.74, 6) is 4.86. The van der Waals surface area contributed by atoms with Gasteiger partial charge in [-0.05, 0) is 50.0 Å². The summed E-state index contributed by atoms with van der Waals surface area (Å²) in [6.07, 6.45) is 2.37. The zero-order valence-electron chi connectivity index (χ0n) is 17.7. The molecule has 0 unspecified atom stereocenters. The highest BCUT2D eigenvalue weighted by Gasteiger charge is 2.21. The topological polar surface area (TPSA) is 78.7 Å². The smallest absolute Gasteiger partial charge is 0.232 e. The molecule has 9 heteroatoms. The number of nitrogens with zero attached hydrogens (tertiary/aromatic N) is 4. The fourth-order valence-corrected chi connectivity index (χ4v) is 3.89. The zero-order valence-corrected chi connectivity index (χ0v) is 18.5. The molecule has 162 valence electrons. The minimum Gasteiger partial charge on any atom is -0.465 e. The molecule has 0 bridgehead atoms. The zero-order chi connectivity index (χ0) is 20.9. The van der Waals surface area contributed by atoms with Crippen molar-refractivity contribution in [2.75, 3.05) is 54.5 Å². The Hall–Kier alpha value is -2.39. The molecule has 4 rings (SSSR count). The van der Waals surface area contributed by atoms with E-state index in [2.05, 4.69) is 33.4 Å². The molecule has 2 saturated heterocycles. The predicted molar refractivity (Wildman–Crippen MR) is 122 cm³/mol. The first kappa shape index (κ1) is 20.9. The van der Waals surface area contributed by atoms with Crippen molar-refractivity contribution in [3.63, 3.8) is 0 Å². The van der Waals surface area contributed by atoms with Crippen LogP contribution in [-0.2, 0) is 11.3 Å². The second kappa shape index (κ2) is 9.61. The number of rotatable bonds is 5. The van der Waals surface area contributed by atoms with Gasteiger partial charge in [-0.25, -0.2) is 0 Å². The molecule has 30 heavy (non-hydrogen) atoms. The molecule has 2 aromatic heterocycles. The first-order valence-electron chi connectivity index (χ1n) is 10.6. The Morgan fingerprint density at radius 3 is 2.40 bits per heavy atom. The average molecular weight is 431 g/mol. The number of piperidine rings is 1. The number of nitrogens with one attached hydrogen (secondary N) is 2. The van der Waals surface area contributed by atoms with Gasteiger partial charge < -0.3 is 29.6 Å². The van der Waals surface area contributed by atoms with Crippen LogP contribution in [0, 0.1) is 12.8 Å². The molecule has 4 heterocycles. The van der Waals surface area contributed by atoms with E-state index in [1.54, 1.807) is 0 Å². The molecule has 2 aliphatic heterocycles. The van der Waals surface area contributed by atoms with E-state index in [0.29, 0.717) is 30.8 Å². The summed E-state index contributed by atoms with van der Waals surface area (Å²) in [7, 11) is 0. The number of aromatic nitrogens is 2. The van der Waals surface area contributed by atoms with Crippen molar-refractivity contribution >= 4 is 34.9 Å². The molecule has 0 spiro atoms. The Morgan fingerprint density at radius 2 is 1.77 bits per heavy atom. The molecule has 2 aliphatic rings. The summed E-state index contributed by atoms with van der Waals surface area (Å²) in [5, 5.41) is 6.80. The lowest BCUT2D eigenvalue weighted by Gasteiger charge is -2.33. The van der Waals surface area contributed by atoms with Crippen LogP contribution in [0.15, 0.2) is 22.6 Å². The summed E-state index contributed by atoms with van der Waals surface area (Å²) in [6.45, 7) is 9.86. The van der Waals surface area contributed by atoms with Crippen molar-refractivity contribution in [3.05, 3.63) is 29.7 Å². The van der Waals surface area contributed by atoms with Crippen LogP contribution < -0.4 is 20.4 Å². The maximum absolute atomic E-state index is 5.58. The van der Waals surface area contributed by atoms with Crippen LogP contribution in [0.5, 0.6) is 0 Å². The number of ether oxygens (including phenoxy) is 1. The normalized spacial score (nSPS) is 17.8. The number of morpholine rings is 1. The van der Waals surface area contributed by atoms with Gasteiger partial charge in [-0.15, -0.1) is 0 Å². The maximum Gasteiger partial charge on any atom is 0.232 e. The van der Waals surface area contributed by atoms with E-state index in [1.807, 2.05) is 19.1 Å². The van der Waals surface area contributed by atoms with Crippen LogP contribution in [-0.4, -0.2) is 54.5 Å². The third kappa shape index (κ3) is 5.40. The number of furan rings is 1. The van der Waals surface area contributed by atoms with Crippen LogP contribution in [0.25, 0.3) is 0 Å². The van der Waals surface area contributed by atoms with Crippen molar-refractivity contribution in [3.8, 4) is 0 Å². The summed E-state index contributed by atoms with van der Waals surface area (Å²) >= 11 is 5.47. The number of thiocarbonyl (C=S) groups is 1. The van der Waals surface area contributed by atoms with Crippen LogP contribution in [0.3, 0.4) is 0 Å². The molecule has 2 fully saturated rings. The Bertz CT molecular complexity index is 859. The summed E-state index contributed by atoms with van der Waals surface area (Å²) < 4.78 is 11.1. The van der Waals surface area contributed by atoms with E-state index in [1.165, 1.54) is 12.8 Å². The van der Waals surface area contributed by atoms with Gasteiger partial charge in [0, 0.05) is 32.2 Å². The lowest BCUT2D eigenvalue weighted by atomic mass is 9.99. The van der Waals surface area contributed by atoms with E-state index < -0.39 is 0 Å². The third-order valence-electron chi connectivity index (χ3n) is 5.59. The number of aryl methyl sites for hydroxylation is 1. The van der Waals surface area contributed by atoms with Gasteiger partial charge in [0.2, 0.25) is 5.95 Å². The van der Waals surface area contributed by atoms with Crippen molar-refractivity contribution < 1.29 is 9.15 Å². The van der Waals surface area contributed by atoms with Gasteiger partial charge in [-0.2, -0.15) is 9.97 Å². The average Bonchev–Trinajstić information content (AvgIpc) is 3.18. The van der Waals surface area contributed by atoms with Crippen molar-refractivity contribution in [1.29, 1.82) is 0 Å². The van der Waals surface area contributed by atoms with E-state index in [0.717, 1.165) is 55.3 Å². The SMILES string of the molecule is Cc1ccc(CNC(=S)Nc2nc(N3CCOCC3)cc(N3CCC(C)CC3)n2)o1. The molecule has 0 aromatic carbocycles. The molecular formula is C21H30N6O2S. The molecule has 0 radical (unpaired) electrons. The van der Waals surface area contributed by atoms with E-state index in [-0.39, 0.29) is 0 Å². The standard InChI is InChI=1S/C21H30N6O2S/c1-15-5-7-26(8-6-15)18-13-19(27-9-11-28-12-10-27)24-20(23-18)25-21(30)22-14-17-4-3-16(2)29-17/h3-4,13,15H,5-12,14H2,1-2H3,(H2,22,23,24,25,30). The maximum atomic E-state index is 5.58. The molecule has 0 saturated carbocycles. The predicted octanol–water partition coefficient (Wildman–Crippen LogP) is 2.94. The van der Waals surface area contributed by atoms with Crippen LogP contribution >= 0.6 is 12.2 Å². The molecule has 2 N–H and O–H groups in total. The van der Waals surface area contributed by atoms with E-state index in [9.17, 15) is 0 Å². The largest absolute Gasteiger partial charge is 0.465 e. The first-order chi connectivity index (χ1) is 14.6. The summed E-state index contributed by atoms with van der Waals surface area (Å²) in [4.78, 5) is 14.1. The fourth-order valence-electron chi connectivity index (χ4n) is 3.73. The highest BCUT2D eigenvalue weighted by Crippen LogP contribution is 2.26. The van der Waals surface area contributed by atoms with Gasteiger partial charge in [0.05, 0.1) is 19.8 Å². The molecule has 0 amide bonds. The first-order valence-corrected chi connectivity index (χ1v) is 11.0. The Balaban J connectivity index is 1.48. The van der Waals surface area contributed by atoms with Crippen molar-refractivity contribution in [1.82, 2.24) is 15.3 Å². The minimum absolute atomic E-state index is 0.474. The number of hydrogen-bond donors (Lipinski definition) is 2. The van der Waals surface area contributed by atoms with Gasteiger partial charge in [0.15, 0.2) is 5.11 Å². The van der Waals surface area contributed by atoms with Gasteiger partial charge in [-0.3, -0.25) is 0 Å². The quantitative estimate of drug-likeness (QED) is 0.696. The van der Waals surface area contributed by atoms with E-state index >= 15 is 0 Å². The lowest BCUT2D eigenvalue weighted by molar-refractivity contribution is 0.122. The molecule has 8 nitrogen and oxygen atoms in total. The fraction of sp³-hybridized carbons (Fsp3) is 0.571. The summed E-state index contributed by atoms with van der Waals surface area (Å²) in [6, 6.07) is 5.97. The van der Waals surface area contributed by atoms with Crippen molar-refractivity contribution in [2.24, 2.45) is 5.92 Å². The number of anilines is 3. The van der Waals surface area contributed by atoms with Crippen molar-refractivity contribution in [2.45, 2.75) is 33.2 Å². The van der Waals surface area contributed by atoms with Gasteiger partial charge in [0.25, 0.3) is 0 Å². The summed E-state index contributed by atoms with van der Waals surface area (Å²) in [5.41, 5.74) is 0. The number of hydrogen-bond acceptors (Lipinski definition) is 7. The van der Waals surface area contributed by atoms with E-state index in [4.69, 9.17) is 31.3 Å². The third-order valence-corrected chi connectivity index (χ3v) is 5.83. The van der Waals surface area contributed by atoms with Gasteiger partial charge >= 0.3 is 0 Å². The second-order valence-corrected chi connectivity index (χ2v) is 8.41. The highest BCUT2D eigenvalue weighted by molar-refractivity contribution is 7.80. The Morgan fingerprint density at radius 1 is 1.10 bits per heavy atom. The van der Waals surface area contributed by atoms with Gasteiger partial charge in [-0.1, -0.05) is 6.92 Å². The second-order valence-electron chi connectivity index (χ2n) is 8.00. The van der Waals surface area contributed by atoms with Crippen LogP contribution in [0.1, 0.15) is 31.3 Å². The minimum atomic E-state index is 0.474.